The lowest BCUT2D eigenvalue weighted by molar-refractivity contribution is 0.669. The van der Waals surface area contributed by atoms with Crippen molar-refractivity contribution in [3.63, 3.8) is 0 Å². The molecule has 0 atom stereocenters. The van der Waals surface area contributed by atoms with E-state index in [2.05, 4.69) is 182 Å². The van der Waals surface area contributed by atoms with Crippen LogP contribution in [-0.2, 0) is 0 Å². The molecule has 3 heterocycles. The molecule has 0 unspecified atom stereocenters. The molecule has 12 rings (SSSR count). The summed E-state index contributed by atoms with van der Waals surface area (Å²) in [5.74, 6) is 1.77. The number of benzene rings is 9. The summed E-state index contributed by atoms with van der Waals surface area (Å²) >= 11 is 1.80. The molecule has 0 aliphatic rings. The van der Waals surface area contributed by atoms with Gasteiger partial charge in [-0.3, -0.25) is 0 Å². The Morgan fingerprint density at radius 2 is 0.726 bits per heavy atom. The maximum Gasteiger partial charge on any atom is 0.167 e. The fourth-order valence-electron chi connectivity index (χ4n) is 8.58. The predicted octanol–water partition coefficient (Wildman–Crippen LogP) is 15.8. The molecule has 0 saturated heterocycles. The standard InChI is InChI=1S/C57H35N3OS/c1-3-11-36(12-4-1)38-21-23-39(24-22-38)42-15-9-16-43(33-42)40-25-27-41(28-26-40)55-58-56(60-57(59-55)50-19-10-18-49-46-17-7-8-20-51(46)61-54(49)50)45-30-32-48-47-31-29-44(37-13-5-2-6-14-37)34-52(47)62-53(48)35-45/h1-35H. The summed E-state index contributed by atoms with van der Waals surface area (Å²) in [4.78, 5) is 15.5. The number of aromatic nitrogens is 3. The highest BCUT2D eigenvalue weighted by atomic mass is 32.1. The Balaban J connectivity index is 0.936. The molecule has 0 radical (unpaired) electrons. The lowest BCUT2D eigenvalue weighted by atomic mass is 9.97. The van der Waals surface area contributed by atoms with Crippen LogP contribution in [0.2, 0.25) is 0 Å². The number of hydrogen-bond donors (Lipinski definition) is 0. The first-order valence-electron chi connectivity index (χ1n) is 20.7. The fraction of sp³-hybridized carbons (Fsp3) is 0. The van der Waals surface area contributed by atoms with E-state index in [0.717, 1.165) is 49.8 Å². The zero-order valence-corrected chi connectivity index (χ0v) is 34.2. The van der Waals surface area contributed by atoms with Crippen LogP contribution >= 0.6 is 11.3 Å². The first-order valence-corrected chi connectivity index (χ1v) is 21.6. The number of rotatable bonds is 7. The van der Waals surface area contributed by atoms with Crippen molar-refractivity contribution in [1.29, 1.82) is 0 Å². The van der Waals surface area contributed by atoms with Crippen LogP contribution in [0, 0.1) is 0 Å². The highest BCUT2D eigenvalue weighted by Gasteiger charge is 2.19. The Morgan fingerprint density at radius 3 is 1.40 bits per heavy atom. The van der Waals surface area contributed by atoms with Gasteiger partial charge in [-0.05, 0) is 74.8 Å². The van der Waals surface area contributed by atoms with Crippen molar-refractivity contribution >= 4 is 53.4 Å². The van der Waals surface area contributed by atoms with Gasteiger partial charge < -0.3 is 4.42 Å². The molecule has 0 spiro atoms. The monoisotopic (exact) mass is 809 g/mol. The lowest BCUT2D eigenvalue weighted by Gasteiger charge is -2.10. The second-order valence-electron chi connectivity index (χ2n) is 15.6. The highest BCUT2D eigenvalue weighted by molar-refractivity contribution is 7.25. The molecule has 5 heteroatoms. The molecule has 290 valence electrons. The van der Waals surface area contributed by atoms with E-state index < -0.39 is 0 Å². The van der Waals surface area contributed by atoms with Crippen LogP contribution in [0.4, 0.5) is 0 Å². The van der Waals surface area contributed by atoms with Crippen molar-refractivity contribution < 1.29 is 4.42 Å². The number of hydrogen-bond acceptors (Lipinski definition) is 5. The van der Waals surface area contributed by atoms with Gasteiger partial charge in [0.1, 0.15) is 11.2 Å². The van der Waals surface area contributed by atoms with Gasteiger partial charge in [0, 0.05) is 42.1 Å². The van der Waals surface area contributed by atoms with Crippen LogP contribution < -0.4 is 0 Å². The Kier molecular flexibility index (Phi) is 8.65. The van der Waals surface area contributed by atoms with Crippen molar-refractivity contribution in [2.75, 3.05) is 0 Å². The number of thiophene rings is 1. The summed E-state index contributed by atoms with van der Waals surface area (Å²) in [7, 11) is 0. The quantitative estimate of drug-likeness (QED) is 0.161. The normalized spacial score (nSPS) is 11.5. The summed E-state index contributed by atoms with van der Waals surface area (Å²) in [6.07, 6.45) is 0. The van der Waals surface area contributed by atoms with Crippen LogP contribution in [0.25, 0.3) is 121 Å². The first kappa shape index (κ1) is 35.9. The number of fused-ring (bicyclic) bond motifs is 6. The molecule has 62 heavy (non-hydrogen) atoms. The topological polar surface area (TPSA) is 51.8 Å². The van der Waals surface area contributed by atoms with Gasteiger partial charge in [0.05, 0.1) is 5.56 Å². The molecule has 0 amide bonds. The van der Waals surface area contributed by atoms with Gasteiger partial charge in [-0.25, -0.2) is 15.0 Å². The minimum absolute atomic E-state index is 0.564. The van der Waals surface area contributed by atoms with Crippen molar-refractivity contribution in [2.45, 2.75) is 0 Å². The third-order valence-corrected chi connectivity index (χ3v) is 12.9. The van der Waals surface area contributed by atoms with Crippen LogP contribution in [0.3, 0.4) is 0 Å². The molecule has 4 nitrogen and oxygen atoms in total. The molecule has 12 aromatic rings. The summed E-state index contributed by atoms with van der Waals surface area (Å²) < 4.78 is 8.93. The van der Waals surface area contributed by atoms with Gasteiger partial charge in [-0.15, -0.1) is 11.3 Å². The second-order valence-corrected chi connectivity index (χ2v) is 16.7. The maximum atomic E-state index is 6.50. The van der Waals surface area contributed by atoms with Gasteiger partial charge >= 0.3 is 0 Å². The minimum Gasteiger partial charge on any atom is -0.455 e. The molecule has 9 aromatic carbocycles. The van der Waals surface area contributed by atoms with Crippen LogP contribution in [0.15, 0.2) is 217 Å². The van der Waals surface area contributed by atoms with Crippen molar-refractivity contribution in [3.05, 3.63) is 212 Å². The van der Waals surface area contributed by atoms with Crippen LogP contribution in [-0.4, -0.2) is 15.0 Å². The van der Waals surface area contributed by atoms with Crippen molar-refractivity contribution in [1.82, 2.24) is 15.0 Å². The Bertz CT molecular complexity index is 3610. The Hall–Kier alpha value is -7.99. The average molecular weight is 810 g/mol. The maximum absolute atomic E-state index is 6.50. The largest absolute Gasteiger partial charge is 0.455 e. The van der Waals surface area contributed by atoms with Crippen molar-refractivity contribution in [3.8, 4) is 78.7 Å². The minimum atomic E-state index is 0.564. The molecule has 0 N–H and O–H groups in total. The zero-order valence-electron chi connectivity index (χ0n) is 33.4. The third kappa shape index (κ3) is 6.44. The van der Waals surface area contributed by atoms with Gasteiger partial charge in [0.15, 0.2) is 17.5 Å². The van der Waals surface area contributed by atoms with Crippen LogP contribution in [0.5, 0.6) is 0 Å². The summed E-state index contributed by atoms with van der Waals surface area (Å²) in [6, 6.07) is 74.7. The lowest BCUT2D eigenvalue weighted by Crippen LogP contribution is -2.00. The molecule has 0 aliphatic heterocycles. The number of furan rings is 1. The molecular formula is C57H35N3OS. The van der Waals surface area contributed by atoms with E-state index in [9.17, 15) is 0 Å². The van der Waals surface area contributed by atoms with Gasteiger partial charge in [0.25, 0.3) is 0 Å². The van der Waals surface area contributed by atoms with Gasteiger partial charge in [0.2, 0.25) is 0 Å². The Morgan fingerprint density at radius 1 is 0.290 bits per heavy atom. The van der Waals surface area contributed by atoms with Gasteiger partial charge in [-0.1, -0.05) is 182 Å². The molecule has 0 aliphatic carbocycles. The summed E-state index contributed by atoms with van der Waals surface area (Å²) in [5.41, 5.74) is 13.7. The van der Waals surface area contributed by atoms with Gasteiger partial charge in [-0.2, -0.15) is 0 Å². The fourth-order valence-corrected chi connectivity index (χ4v) is 9.76. The number of para-hydroxylation sites is 2. The first-order chi connectivity index (χ1) is 30.7. The van der Waals surface area contributed by atoms with Crippen LogP contribution in [0.1, 0.15) is 0 Å². The number of nitrogens with zero attached hydrogens (tertiary/aromatic N) is 3. The highest BCUT2D eigenvalue weighted by Crippen LogP contribution is 2.40. The third-order valence-electron chi connectivity index (χ3n) is 11.8. The van der Waals surface area contributed by atoms with E-state index >= 15 is 0 Å². The van der Waals surface area contributed by atoms with E-state index in [1.807, 2.05) is 30.3 Å². The SMILES string of the molecule is c1ccc(-c2ccc(-c3cccc(-c4ccc(-c5nc(-c6ccc7c(c6)sc6cc(-c8ccccc8)ccc67)nc(-c6cccc7c6oc6ccccc67)n5)cc4)c3)cc2)cc1. The Labute approximate surface area is 362 Å². The van der Waals surface area contributed by atoms with E-state index in [1.165, 1.54) is 53.6 Å². The molecular weight excluding hydrogens is 775 g/mol. The molecule has 0 fully saturated rings. The second kappa shape index (κ2) is 14.9. The molecule has 0 saturated carbocycles. The molecule has 3 aromatic heterocycles. The van der Waals surface area contributed by atoms with Crippen molar-refractivity contribution in [2.24, 2.45) is 0 Å². The van der Waals surface area contributed by atoms with E-state index in [0.29, 0.717) is 17.5 Å². The van der Waals surface area contributed by atoms with E-state index in [1.54, 1.807) is 11.3 Å². The summed E-state index contributed by atoms with van der Waals surface area (Å²) in [5, 5.41) is 4.56. The predicted molar refractivity (Wildman–Crippen MR) is 258 cm³/mol. The zero-order chi connectivity index (χ0) is 41.0. The molecule has 0 bridgehead atoms. The average Bonchev–Trinajstić information content (AvgIpc) is 3.92. The smallest absolute Gasteiger partial charge is 0.167 e. The summed E-state index contributed by atoms with van der Waals surface area (Å²) in [6.45, 7) is 0. The van der Waals surface area contributed by atoms with E-state index in [-0.39, 0.29) is 0 Å². The van der Waals surface area contributed by atoms with E-state index in [4.69, 9.17) is 19.4 Å².